The monoisotopic (exact) mass is 320 g/mol. The second-order valence-corrected chi connectivity index (χ2v) is 6.45. The molecular formula is C20H20N2O2. The average molecular weight is 320 g/mol. The summed E-state index contributed by atoms with van der Waals surface area (Å²) < 4.78 is 0. The molecule has 1 aromatic heterocycles. The Bertz CT molecular complexity index is 885. The van der Waals surface area contributed by atoms with E-state index in [4.69, 9.17) is 0 Å². The molecule has 0 saturated heterocycles. The molecule has 0 unspecified atom stereocenters. The first kappa shape index (κ1) is 15.0. The fraction of sp³-hybridized carbons (Fsp3) is 0.250. The molecule has 0 aliphatic carbocycles. The fourth-order valence-corrected chi connectivity index (χ4v) is 3.81. The summed E-state index contributed by atoms with van der Waals surface area (Å²) >= 11 is 0. The maximum atomic E-state index is 11.9. The minimum atomic E-state index is -0.756. The molecule has 0 saturated carbocycles. The summed E-state index contributed by atoms with van der Waals surface area (Å²) in [4.78, 5) is 17.5. The van der Waals surface area contributed by atoms with Gasteiger partial charge in [0.1, 0.15) is 6.04 Å². The van der Waals surface area contributed by atoms with Crippen molar-refractivity contribution in [2.75, 3.05) is 0 Å². The molecule has 2 heterocycles. The molecule has 0 fully saturated rings. The smallest absolute Gasteiger partial charge is 0.321 e. The van der Waals surface area contributed by atoms with Crippen molar-refractivity contribution in [1.29, 1.82) is 0 Å². The highest BCUT2D eigenvalue weighted by molar-refractivity contribution is 5.86. The Hall–Kier alpha value is -2.59. The lowest BCUT2D eigenvalue weighted by Crippen LogP contribution is -2.46. The lowest BCUT2D eigenvalue weighted by molar-refractivity contribution is -0.145. The normalized spacial score (nSPS) is 20.9. The van der Waals surface area contributed by atoms with Gasteiger partial charge < -0.3 is 10.1 Å². The Kier molecular flexibility index (Phi) is 3.62. The molecule has 24 heavy (non-hydrogen) atoms. The molecular weight excluding hydrogens is 300 g/mol. The number of nitrogens with one attached hydrogen (secondary N) is 1. The lowest BCUT2D eigenvalue weighted by atomic mass is 9.91. The van der Waals surface area contributed by atoms with Gasteiger partial charge in [0, 0.05) is 35.6 Å². The Labute approximate surface area is 140 Å². The number of aromatic nitrogens is 1. The zero-order valence-corrected chi connectivity index (χ0v) is 13.6. The van der Waals surface area contributed by atoms with Crippen LogP contribution in [0.4, 0.5) is 0 Å². The Morgan fingerprint density at radius 3 is 2.62 bits per heavy atom. The molecule has 4 rings (SSSR count). The molecule has 0 spiro atoms. The molecule has 122 valence electrons. The van der Waals surface area contributed by atoms with Crippen molar-refractivity contribution in [1.82, 2.24) is 9.88 Å². The van der Waals surface area contributed by atoms with Crippen LogP contribution < -0.4 is 0 Å². The standard InChI is InChI=1S/C20H20N2O2/c1-13-19-16(15-9-5-6-10-17(15)21-19)11-18(20(23)24)22(13)12-14-7-3-2-4-8-14/h2-10,13,18,21H,11-12H2,1H3,(H,23,24)/t13-,18+/m1/s1. The van der Waals surface area contributed by atoms with Crippen molar-refractivity contribution in [2.24, 2.45) is 0 Å². The number of H-pyrrole nitrogens is 1. The molecule has 0 amide bonds. The predicted octanol–water partition coefficient (Wildman–Crippen LogP) is 3.74. The molecule has 4 heteroatoms. The molecule has 1 aliphatic heterocycles. The van der Waals surface area contributed by atoms with Gasteiger partial charge in [-0.05, 0) is 24.1 Å². The van der Waals surface area contributed by atoms with Crippen LogP contribution >= 0.6 is 0 Å². The van der Waals surface area contributed by atoms with Gasteiger partial charge in [0.25, 0.3) is 0 Å². The van der Waals surface area contributed by atoms with Crippen LogP contribution in [-0.4, -0.2) is 27.0 Å². The minimum Gasteiger partial charge on any atom is -0.480 e. The van der Waals surface area contributed by atoms with Crippen LogP contribution in [0.15, 0.2) is 54.6 Å². The van der Waals surface area contributed by atoms with Crippen molar-refractivity contribution in [3.8, 4) is 0 Å². The maximum Gasteiger partial charge on any atom is 0.321 e. The largest absolute Gasteiger partial charge is 0.480 e. The van der Waals surface area contributed by atoms with E-state index < -0.39 is 12.0 Å². The zero-order valence-electron chi connectivity index (χ0n) is 13.6. The van der Waals surface area contributed by atoms with Crippen molar-refractivity contribution in [3.63, 3.8) is 0 Å². The minimum absolute atomic E-state index is 0.0301. The van der Waals surface area contributed by atoms with Gasteiger partial charge in [0.15, 0.2) is 0 Å². The Morgan fingerprint density at radius 2 is 1.88 bits per heavy atom. The van der Waals surface area contributed by atoms with Crippen LogP contribution in [0.1, 0.15) is 29.8 Å². The van der Waals surface area contributed by atoms with Crippen LogP contribution in [0.2, 0.25) is 0 Å². The number of nitrogens with zero attached hydrogens (tertiary/aromatic N) is 1. The van der Waals surface area contributed by atoms with E-state index >= 15 is 0 Å². The van der Waals surface area contributed by atoms with E-state index in [1.807, 2.05) is 42.5 Å². The van der Waals surface area contributed by atoms with E-state index in [-0.39, 0.29) is 6.04 Å². The number of carbonyl (C=O) groups is 1. The van der Waals surface area contributed by atoms with Crippen LogP contribution in [0.3, 0.4) is 0 Å². The van der Waals surface area contributed by atoms with E-state index in [1.165, 1.54) is 0 Å². The summed E-state index contributed by atoms with van der Waals surface area (Å²) in [5.74, 6) is -0.756. The first-order valence-corrected chi connectivity index (χ1v) is 8.27. The van der Waals surface area contributed by atoms with Gasteiger partial charge in [-0.1, -0.05) is 48.5 Å². The molecule has 1 aliphatic rings. The molecule has 0 radical (unpaired) electrons. The summed E-state index contributed by atoms with van der Waals surface area (Å²) in [5.41, 5.74) is 4.51. The summed E-state index contributed by atoms with van der Waals surface area (Å²) in [7, 11) is 0. The van der Waals surface area contributed by atoms with Gasteiger partial charge in [-0.2, -0.15) is 0 Å². The molecule has 0 bridgehead atoms. The summed E-state index contributed by atoms with van der Waals surface area (Å²) in [6.07, 6.45) is 0.534. The molecule has 2 aromatic carbocycles. The van der Waals surface area contributed by atoms with E-state index in [0.717, 1.165) is 27.7 Å². The quantitative estimate of drug-likeness (QED) is 0.773. The predicted molar refractivity (Wildman–Crippen MR) is 93.8 cm³/mol. The number of para-hydroxylation sites is 1. The molecule has 2 N–H and O–H groups in total. The van der Waals surface area contributed by atoms with Crippen LogP contribution in [0, 0.1) is 0 Å². The second-order valence-electron chi connectivity index (χ2n) is 6.45. The number of hydrogen-bond acceptors (Lipinski definition) is 2. The first-order chi connectivity index (χ1) is 11.6. The van der Waals surface area contributed by atoms with Crippen LogP contribution in [0.25, 0.3) is 10.9 Å². The van der Waals surface area contributed by atoms with Gasteiger partial charge in [0.2, 0.25) is 0 Å². The SMILES string of the molecule is C[C@@H]1c2[nH]c3ccccc3c2C[C@@H](C(=O)O)N1Cc1ccccc1. The van der Waals surface area contributed by atoms with Crippen molar-refractivity contribution in [3.05, 3.63) is 71.4 Å². The van der Waals surface area contributed by atoms with Crippen molar-refractivity contribution in [2.45, 2.75) is 32.0 Å². The summed E-state index contributed by atoms with van der Waals surface area (Å²) in [5, 5.41) is 10.9. The van der Waals surface area contributed by atoms with Gasteiger partial charge >= 0.3 is 5.97 Å². The lowest BCUT2D eigenvalue weighted by Gasteiger charge is -2.38. The van der Waals surface area contributed by atoms with Gasteiger partial charge in [0.05, 0.1) is 0 Å². The number of benzene rings is 2. The van der Waals surface area contributed by atoms with Crippen LogP contribution in [-0.2, 0) is 17.8 Å². The topological polar surface area (TPSA) is 56.3 Å². The number of aliphatic carboxylic acids is 1. The third kappa shape index (κ3) is 2.39. The molecule has 4 nitrogen and oxygen atoms in total. The molecule has 2 atom stereocenters. The van der Waals surface area contributed by atoms with E-state index in [9.17, 15) is 9.90 Å². The molecule has 3 aromatic rings. The number of carboxylic acids is 1. The van der Waals surface area contributed by atoms with Gasteiger partial charge in [-0.25, -0.2) is 0 Å². The number of carboxylic acid groups (broad SMARTS) is 1. The number of aromatic amines is 1. The number of hydrogen-bond donors (Lipinski definition) is 2. The summed E-state index contributed by atoms with van der Waals surface area (Å²) in [6, 6.07) is 17.7. The van der Waals surface area contributed by atoms with Crippen molar-refractivity contribution >= 4 is 16.9 Å². The highest BCUT2D eigenvalue weighted by atomic mass is 16.4. The average Bonchev–Trinajstić information content (AvgIpc) is 2.97. The third-order valence-electron chi connectivity index (χ3n) is 5.05. The van der Waals surface area contributed by atoms with E-state index in [2.05, 4.69) is 28.9 Å². The number of rotatable bonds is 3. The highest BCUT2D eigenvalue weighted by Gasteiger charge is 2.37. The van der Waals surface area contributed by atoms with E-state index in [0.29, 0.717) is 13.0 Å². The fourth-order valence-electron chi connectivity index (χ4n) is 3.81. The van der Waals surface area contributed by atoms with Crippen molar-refractivity contribution < 1.29 is 9.90 Å². The zero-order chi connectivity index (χ0) is 16.7. The Balaban J connectivity index is 1.77. The Morgan fingerprint density at radius 1 is 1.17 bits per heavy atom. The third-order valence-corrected chi connectivity index (χ3v) is 5.05. The van der Waals surface area contributed by atoms with E-state index in [1.54, 1.807) is 0 Å². The van der Waals surface area contributed by atoms with Gasteiger partial charge in [-0.15, -0.1) is 0 Å². The van der Waals surface area contributed by atoms with Gasteiger partial charge in [-0.3, -0.25) is 9.69 Å². The highest BCUT2D eigenvalue weighted by Crippen LogP contribution is 2.37. The van der Waals surface area contributed by atoms with Crippen LogP contribution in [0.5, 0.6) is 0 Å². The number of fused-ring (bicyclic) bond motifs is 3. The maximum absolute atomic E-state index is 11.9. The first-order valence-electron chi connectivity index (χ1n) is 8.27. The summed E-state index contributed by atoms with van der Waals surface area (Å²) in [6.45, 7) is 2.72. The second kappa shape index (κ2) is 5.80.